The van der Waals surface area contributed by atoms with Crippen molar-refractivity contribution in [3.63, 3.8) is 0 Å². The smallest absolute Gasteiger partial charge is 0.257 e. The zero-order valence-electron chi connectivity index (χ0n) is 21.3. The molecule has 5 rings (SSSR count). The third-order valence-corrected chi connectivity index (χ3v) is 6.33. The van der Waals surface area contributed by atoms with Gasteiger partial charge in [-0.2, -0.15) is 0 Å². The van der Waals surface area contributed by atoms with Gasteiger partial charge in [-0.05, 0) is 37.6 Å². The topological polar surface area (TPSA) is 139 Å². The van der Waals surface area contributed by atoms with Crippen molar-refractivity contribution in [3.05, 3.63) is 87.4 Å². The number of pyridine rings is 2. The Balaban J connectivity index is 1.28. The fraction of sp³-hybridized carbons (Fsp3) is 0.250. The summed E-state index contributed by atoms with van der Waals surface area (Å²) in [6, 6.07) is 12.1. The number of morpholine rings is 1. The summed E-state index contributed by atoms with van der Waals surface area (Å²) in [7, 11) is 0. The molecule has 0 aliphatic carbocycles. The lowest BCUT2D eigenvalue weighted by atomic mass is 10.1. The Morgan fingerprint density at radius 1 is 1.21 bits per heavy atom. The first kappa shape index (κ1) is 25.1. The van der Waals surface area contributed by atoms with Gasteiger partial charge < -0.3 is 25.7 Å². The van der Waals surface area contributed by atoms with Crippen LogP contribution < -0.4 is 21.4 Å². The van der Waals surface area contributed by atoms with Gasteiger partial charge in [0.25, 0.3) is 5.91 Å². The van der Waals surface area contributed by atoms with Gasteiger partial charge in [0.2, 0.25) is 5.43 Å². The molecule has 4 N–H and O–H groups in total. The van der Waals surface area contributed by atoms with Crippen LogP contribution in [0.5, 0.6) is 0 Å². The maximum atomic E-state index is 13.1. The van der Waals surface area contributed by atoms with Crippen LogP contribution in [0.15, 0.2) is 59.3 Å². The van der Waals surface area contributed by atoms with Crippen LogP contribution in [0.2, 0.25) is 0 Å². The third-order valence-electron chi connectivity index (χ3n) is 6.33. The molecular weight excluding hydrogens is 482 g/mol. The number of nitrogens with zero attached hydrogens (tertiary/aromatic N) is 4. The van der Waals surface area contributed by atoms with E-state index in [-0.39, 0.29) is 17.5 Å². The first-order valence-corrected chi connectivity index (χ1v) is 12.4. The van der Waals surface area contributed by atoms with Gasteiger partial charge in [-0.15, -0.1) is 0 Å². The number of carbonyl (C=O) groups excluding carboxylic acids is 1. The van der Waals surface area contributed by atoms with Gasteiger partial charge in [-0.25, -0.2) is 9.97 Å². The molecule has 4 aromatic rings. The number of aromatic nitrogens is 4. The second-order valence-electron chi connectivity index (χ2n) is 9.19. The molecule has 1 aliphatic heterocycles. The number of hydrogen-bond acceptors (Lipinski definition) is 8. The molecule has 10 nitrogen and oxygen atoms in total. The Hall–Kier alpha value is -4.57. The van der Waals surface area contributed by atoms with E-state index in [0.717, 1.165) is 48.8 Å². The molecule has 0 radical (unpaired) electrons. The Bertz CT molecular complexity index is 1570. The maximum absolute atomic E-state index is 13.1. The molecule has 0 spiro atoms. The summed E-state index contributed by atoms with van der Waals surface area (Å²) in [6.07, 6.45) is 4.72. The van der Waals surface area contributed by atoms with Crippen LogP contribution in [-0.2, 0) is 11.3 Å². The van der Waals surface area contributed by atoms with Crippen molar-refractivity contribution < 1.29 is 9.53 Å². The van der Waals surface area contributed by atoms with Gasteiger partial charge in [0.05, 0.1) is 30.0 Å². The minimum absolute atomic E-state index is 0.00740. The molecule has 0 atom stereocenters. The van der Waals surface area contributed by atoms with Crippen LogP contribution in [0.25, 0.3) is 28.4 Å². The Morgan fingerprint density at radius 2 is 2.03 bits per heavy atom. The summed E-state index contributed by atoms with van der Waals surface area (Å²) in [5.74, 6) is -0.0942. The molecule has 1 aliphatic rings. The number of amides is 1. The summed E-state index contributed by atoms with van der Waals surface area (Å²) < 4.78 is 5.45. The zero-order valence-corrected chi connectivity index (χ0v) is 21.3. The fourth-order valence-corrected chi connectivity index (χ4v) is 4.41. The van der Waals surface area contributed by atoms with E-state index in [1.54, 1.807) is 26.1 Å². The molecule has 0 saturated carbocycles. The van der Waals surface area contributed by atoms with Crippen molar-refractivity contribution in [3.8, 4) is 11.3 Å². The van der Waals surface area contributed by atoms with Crippen molar-refractivity contribution in [2.75, 3.05) is 31.2 Å². The highest BCUT2D eigenvalue weighted by Crippen LogP contribution is 2.24. The van der Waals surface area contributed by atoms with Crippen LogP contribution in [0.1, 0.15) is 34.4 Å². The lowest BCUT2D eigenvalue weighted by Crippen LogP contribution is -2.36. The van der Waals surface area contributed by atoms with E-state index >= 15 is 0 Å². The van der Waals surface area contributed by atoms with Crippen LogP contribution >= 0.6 is 0 Å². The van der Waals surface area contributed by atoms with Gasteiger partial charge in [0.15, 0.2) is 5.82 Å². The number of ether oxygens (including phenoxy) is 1. The molecule has 3 aromatic heterocycles. The van der Waals surface area contributed by atoms with Crippen molar-refractivity contribution >= 4 is 28.7 Å². The fourth-order valence-electron chi connectivity index (χ4n) is 4.41. The van der Waals surface area contributed by atoms with Crippen molar-refractivity contribution in [1.82, 2.24) is 25.3 Å². The SMILES string of the molecule is C/C(N)=C/c1nc(C)c2c(=O)c(C(=O)NCc3ccc(-c4cccc(N5CCOCC5)c4)nc3)c[nH]c2n1. The van der Waals surface area contributed by atoms with Gasteiger partial charge in [0, 0.05) is 55.1 Å². The molecule has 194 valence electrons. The molecule has 0 bridgehead atoms. The second-order valence-corrected chi connectivity index (χ2v) is 9.19. The molecule has 38 heavy (non-hydrogen) atoms. The number of aryl methyl sites for hydroxylation is 1. The molecule has 0 unspecified atom stereocenters. The highest BCUT2D eigenvalue weighted by molar-refractivity contribution is 5.97. The van der Waals surface area contributed by atoms with E-state index in [2.05, 4.69) is 42.3 Å². The summed E-state index contributed by atoms with van der Waals surface area (Å²) >= 11 is 0. The number of allylic oxidation sites excluding steroid dienone is 1. The van der Waals surface area contributed by atoms with Gasteiger partial charge in [-0.3, -0.25) is 14.6 Å². The minimum Gasteiger partial charge on any atom is -0.402 e. The van der Waals surface area contributed by atoms with E-state index < -0.39 is 11.3 Å². The number of fused-ring (bicyclic) bond motifs is 1. The predicted molar refractivity (Wildman–Crippen MR) is 147 cm³/mol. The number of hydrogen-bond donors (Lipinski definition) is 3. The highest BCUT2D eigenvalue weighted by atomic mass is 16.5. The van der Waals surface area contributed by atoms with Crippen molar-refractivity contribution in [1.29, 1.82) is 0 Å². The van der Waals surface area contributed by atoms with Crippen LogP contribution in [0, 0.1) is 6.92 Å². The number of carbonyl (C=O) groups is 1. The maximum Gasteiger partial charge on any atom is 0.257 e. The normalized spacial score (nSPS) is 14.1. The number of anilines is 1. The van der Waals surface area contributed by atoms with Crippen molar-refractivity contribution in [2.24, 2.45) is 5.73 Å². The van der Waals surface area contributed by atoms with E-state index in [4.69, 9.17) is 10.5 Å². The largest absolute Gasteiger partial charge is 0.402 e. The molecule has 1 saturated heterocycles. The molecule has 1 fully saturated rings. The number of nitrogens with one attached hydrogen (secondary N) is 2. The molecule has 1 aromatic carbocycles. The first-order chi connectivity index (χ1) is 18.4. The van der Waals surface area contributed by atoms with Crippen LogP contribution in [-0.4, -0.2) is 52.1 Å². The Kier molecular flexibility index (Phi) is 7.14. The van der Waals surface area contributed by atoms with Crippen molar-refractivity contribution in [2.45, 2.75) is 20.4 Å². The first-order valence-electron chi connectivity index (χ1n) is 12.4. The van der Waals surface area contributed by atoms with Gasteiger partial charge >= 0.3 is 0 Å². The minimum atomic E-state index is -0.489. The summed E-state index contributed by atoms with van der Waals surface area (Å²) in [5, 5.41) is 3.08. The monoisotopic (exact) mass is 511 g/mol. The van der Waals surface area contributed by atoms with Gasteiger partial charge in [-0.1, -0.05) is 18.2 Å². The zero-order chi connectivity index (χ0) is 26.6. The quantitative estimate of drug-likeness (QED) is 0.359. The molecular formula is C28H29N7O3. The summed E-state index contributed by atoms with van der Waals surface area (Å²) in [6.45, 7) is 6.86. The Morgan fingerprint density at radius 3 is 2.76 bits per heavy atom. The van der Waals surface area contributed by atoms with Crippen LogP contribution in [0.4, 0.5) is 5.69 Å². The second kappa shape index (κ2) is 10.8. The number of H-pyrrole nitrogens is 1. The average Bonchev–Trinajstić information content (AvgIpc) is 2.92. The molecule has 4 heterocycles. The average molecular weight is 512 g/mol. The van der Waals surface area contributed by atoms with E-state index in [1.165, 1.54) is 6.20 Å². The molecule has 10 heteroatoms. The summed E-state index contributed by atoms with van der Waals surface area (Å²) in [4.78, 5) is 44.4. The number of benzene rings is 1. The number of rotatable bonds is 6. The van der Waals surface area contributed by atoms with E-state index in [0.29, 0.717) is 22.9 Å². The van der Waals surface area contributed by atoms with Crippen LogP contribution in [0.3, 0.4) is 0 Å². The highest BCUT2D eigenvalue weighted by Gasteiger charge is 2.17. The summed E-state index contributed by atoms with van der Waals surface area (Å²) in [5.41, 5.74) is 10.5. The Labute approximate surface area is 219 Å². The van der Waals surface area contributed by atoms with Gasteiger partial charge in [0.1, 0.15) is 11.2 Å². The lowest BCUT2D eigenvalue weighted by Gasteiger charge is -2.29. The molecule has 1 amide bonds. The predicted octanol–water partition coefficient (Wildman–Crippen LogP) is 2.77. The van der Waals surface area contributed by atoms with E-state index in [1.807, 2.05) is 24.3 Å². The lowest BCUT2D eigenvalue weighted by molar-refractivity contribution is 0.0949. The third kappa shape index (κ3) is 5.40. The van der Waals surface area contributed by atoms with E-state index in [9.17, 15) is 9.59 Å². The number of nitrogens with two attached hydrogens (primary N) is 1. The standard InChI is InChI=1S/C28H29N7O3/c1-17(29)12-24-33-18(2)25-26(36)22(16-31-27(25)34-24)28(37)32-15-19-6-7-23(30-14-19)20-4-3-5-21(13-20)35-8-10-38-11-9-35/h3-7,12-14,16H,8-11,15,29H2,1-2H3,(H,32,37)(H,31,33,34,36)/b17-12-. The number of aromatic amines is 1.